The van der Waals surface area contributed by atoms with Gasteiger partial charge in [-0.25, -0.2) is 0 Å². The summed E-state index contributed by atoms with van der Waals surface area (Å²) in [5, 5.41) is 9.22. The van der Waals surface area contributed by atoms with Gasteiger partial charge in [0.25, 0.3) is 0 Å². The molecule has 2 fully saturated rings. The maximum Gasteiger partial charge on any atom is 0.103 e. The van der Waals surface area contributed by atoms with E-state index in [0.29, 0.717) is 0 Å². The summed E-state index contributed by atoms with van der Waals surface area (Å²) >= 11 is 0. The van der Waals surface area contributed by atoms with Gasteiger partial charge >= 0.3 is 0 Å². The molecule has 19 heavy (non-hydrogen) atoms. The van der Waals surface area contributed by atoms with Crippen LogP contribution in [0, 0.1) is 17.2 Å². The molecule has 0 aromatic heterocycles. The molecule has 0 N–H and O–H groups in total. The van der Waals surface area contributed by atoms with Crippen LogP contribution in [-0.2, 0) is 0 Å². The molecule has 0 bridgehead atoms. The molecule has 1 saturated carbocycles. The van der Waals surface area contributed by atoms with E-state index in [2.05, 4.69) is 22.8 Å². The summed E-state index contributed by atoms with van der Waals surface area (Å²) in [6, 6.07) is 3.24. The van der Waals surface area contributed by atoms with Gasteiger partial charge in [-0.2, -0.15) is 5.26 Å². The molecule has 2 rings (SSSR count). The van der Waals surface area contributed by atoms with Crippen LogP contribution in [0.25, 0.3) is 0 Å². The van der Waals surface area contributed by atoms with E-state index >= 15 is 0 Å². The highest BCUT2D eigenvalue weighted by Crippen LogP contribution is 2.30. The van der Waals surface area contributed by atoms with E-state index in [1.165, 1.54) is 32.1 Å². The van der Waals surface area contributed by atoms with Gasteiger partial charge < -0.3 is 0 Å². The molecule has 2 atom stereocenters. The van der Waals surface area contributed by atoms with Crippen molar-refractivity contribution >= 4 is 0 Å². The van der Waals surface area contributed by atoms with Crippen LogP contribution in [0.4, 0.5) is 0 Å². The molecule has 0 aromatic carbocycles. The van der Waals surface area contributed by atoms with E-state index < -0.39 is 0 Å². The zero-order valence-corrected chi connectivity index (χ0v) is 12.9. The first-order valence-corrected chi connectivity index (χ1v) is 7.97. The molecule has 0 amide bonds. The monoisotopic (exact) mass is 263 g/mol. The van der Waals surface area contributed by atoms with Gasteiger partial charge in [0, 0.05) is 32.2 Å². The minimum Gasteiger partial charge on any atom is -0.298 e. The molecule has 1 aliphatic heterocycles. The Morgan fingerprint density at radius 1 is 1.16 bits per heavy atom. The zero-order valence-electron chi connectivity index (χ0n) is 12.9. The quantitative estimate of drug-likeness (QED) is 0.784. The number of hydrogen-bond donors (Lipinski definition) is 0. The summed E-state index contributed by atoms with van der Waals surface area (Å²) in [5.74, 6) is 0.951. The molecule has 3 nitrogen and oxygen atoms in total. The van der Waals surface area contributed by atoms with Gasteiger partial charge in [0.15, 0.2) is 0 Å². The van der Waals surface area contributed by atoms with Crippen LogP contribution in [-0.4, -0.2) is 47.6 Å². The number of nitrogens with zero attached hydrogens (tertiary/aromatic N) is 3. The Balaban J connectivity index is 1.85. The molecule has 3 heteroatoms. The Morgan fingerprint density at radius 2 is 1.84 bits per heavy atom. The van der Waals surface area contributed by atoms with E-state index in [1.54, 1.807) is 0 Å². The van der Waals surface area contributed by atoms with Crippen molar-refractivity contribution in [3.8, 4) is 6.07 Å². The van der Waals surface area contributed by atoms with Crippen molar-refractivity contribution in [2.75, 3.05) is 26.2 Å². The summed E-state index contributed by atoms with van der Waals surface area (Å²) in [5.41, 5.74) is -0.301. The highest BCUT2D eigenvalue weighted by atomic mass is 15.3. The van der Waals surface area contributed by atoms with Crippen molar-refractivity contribution in [1.82, 2.24) is 9.80 Å². The average molecular weight is 263 g/mol. The number of piperazine rings is 1. The van der Waals surface area contributed by atoms with Crippen molar-refractivity contribution in [2.45, 2.75) is 64.5 Å². The lowest BCUT2D eigenvalue weighted by Gasteiger charge is -2.45. The fraction of sp³-hybridized carbons (Fsp3) is 0.938. The summed E-state index contributed by atoms with van der Waals surface area (Å²) in [6.45, 7) is 10.8. The van der Waals surface area contributed by atoms with Crippen LogP contribution in [0.15, 0.2) is 0 Å². The Hall–Kier alpha value is -0.590. The van der Waals surface area contributed by atoms with Crippen molar-refractivity contribution in [3.63, 3.8) is 0 Å². The first-order chi connectivity index (χ1) is 9.06. The van der Waals surface area contributed by atoms with Gasteiger partial charge in [0.1, 0.15) is 5.54 Å². The standard InChI is InChI=1S/C16H29N3/c1-4-14-6-5-7-15(12-14)18-8-10-19(11-9-18)16(2,3)13-17/h14-15H,4-12H2,1-3H3. The first kappa shape index (κ1) is 14.8. The third-order valence-electron chi connectivity index (χ3n) is 5.23. The predicted molar refractivity (Wildman–Crippen MR) is 78.9 cm³/mol. The molecule has 2 aliphatic rings. The molecule has 1 saturated heterocycles. The van der Waals surface area contributed by atoms with Gasteiger partial charge in [-0.05, 0) is 32.6 Å². The maximum absolute atomic E-state index is 9.22. The Labute approximate surface area is 118 Å². The van der Waals surface area contributed by atoms with Crippen LogP contribution in [0.3, 0.4) is 0 Å². The van der Waals surface area contributed by atoms with Crippen LogP contribution >= 0.6 is 0 Å². The molecule has 0 aromatic rings. The second kappa shape index (κ2) is 6.24. The molecule has 108 valence electrons. The molecule has 2 unspecified atom stereocenters. The lowest BCUT2D eigenvalue weighted by Crippen LogP contribution is -2.56. The molecule has 0 spiro atoms. The Morgan fingerprint density at radius 3 is 2.42 bits per heavy atom. The molecule has 1 heterocycles. The van der Waals surface area contributed by atoms with Crippen molar-refractivity contribution in [2.24, 2.45) is 5.92 Å². The zero-order chi connectivity index (χ0) is 13.9. The summed E-state index contributed by atoms with van der Waals surface area (Å²) in [4.78, 5) is 5.02. The lowest BCUT2D eigenvalue weighted by molar-refractivity contribution is 0.0376. The maximum atomic E-state index is 9.22. The molecule has 1 aliphatic carbocycles. The third-order valence-corrected chi connectivity index (χ3v) is 5.23. The number of rotatable bonds is 3. The summed E-state index contributed by atoms with van der Waals surface area (Å²) < 4.78 is 0. The first-order valence-electron chi connectivity index (χ1n) is 7.97. The van der Waals surface area contributed by atoms with E-state index in [9.17, 15) is 5.26 Å². The summed E-state index contributed by atoms with van der Waals surface area (Å²) in [7, 11) is 0. The van der Waals surface area contributed by atoms with Crippen LogP contribution in [0.5, 0.6) is 0 Å². The van der Waals surface area contributed by atoms with Gasteiger partial charge in [-0.1, -0.05) is 26.2 Å². The minimum absolute atomic E-state index is 0.301. The van der Waals surface area contributed by atoms with Crippen LogP contribution in [0.1, 0.15) is 52.9 Å². The normalized spacial score (nSPS) is 31.1. The van der Waals surface area contributed by atoms with Crippen LogP contribution in [0.2, 0.25) is 0 Å². The fourth-order valence-corrected chi connectivity index (χ4v) is 3.68. The summed E-state index contributed by atoms with van der Waals surface area (Å²) in [6.07, 6.45) is 6.98. The third kappa shape index (κ3) is 3.49. The highest BCUT2D eigenvalue weighted by Gasteiger charge is 2.33. The highest BCUT2D eigenvalue weighted by molar-refractivity contribution is 5.03. The van der Waals surface area contributed by atoms with E-state index in [-0.39, 0.29) is 5.54 Å². The smallest absolute Gasteiger partial charge is 0.103 e. The molecular weight excluding hydrogens is 234 g/mol. The van der Waals surface area contributed by atoms with Gasteiger partial charge in [0.2, 0.25) is 0 Å². The topological polar surface area (TPSA) is 30.3 Å². The van der Waals surface area contributed by atoms with E-state index in [0.717, 1.165) is 38.1 Å². The van der Waals surface area contributed by atoms with E-state index in [1.807, 2.05) is 13.8 Å². The largest absolute Gasteiger partial charge is 0.298 e. The second-order valence-corrected chi connectivity index (χ2v) is 6.79. The van der Waals surface area contributed by atoms with Crippen LogP contribution < -0.4 is 0 Å². The Bertz CT molecular complexity index is 323. The average Bonchev–Trinajstić information content (AvgIpc) is 2.47. The van der Waals surface area contributed by atoms with Crippen molar-refractivity contribution in [1.29, 1.82) is 5.26 Å². The Kier molecular flexibility index (Phi) is 4.86. The van der Waals surface area contributed by atoms with Gasteiger partial charge in [-0.3, -0.25) is 9.80 Å². The number of hydrogen-bond acceptors (Lipinski definition) is 3. The van der Waals surface area contributed by atoms with E-state index in [4.69, 9.17) is 0 Å². The lowest BCUT2D eigenvalue weighted by atomic mass is 9.83. The fourth-order valence-electron chi connectivity index (χ4n) is 3.68. The predicted octanol–water partition coefficient (Wildman–Crippen LogP) is 2.87. The van der Waals surface area contributed by atoms with Gasteiger partial charge in [0.05, 0.1) is 6.07 Å². The molecular formula is C16H29N3. The van der Waals surface area contributed by atoms with Crippen molar-refractivity contribution < 1.29 is 0 Å². The van der Waals surface area contributed by atoms with Gasteiger partial charge in [-0.15, -0.1) is 0 Å². The molecule has 0 radical (unpaired) electrons. The number of nitriles is 1. The SMILES string of the molecule is CCC1CCCC(N2CCN(C(C)(C)C#N)CC2)C1. The minimum atomic E-state index is -0.301. The second-order valence-electron chi connectivity index (χ2n) is 6.79. The van der Waals surface area contributed by atoms with Crippen molar-refractivity contribution in [3.05, 3.63) is 0 Å².